The fraction of sp³-hybridized carbons (Fsp3) is 0.348. The van der Waals surface area contributed by atoms with Gasteiger partial charge in [-0.1, -0.05) is 6.07 Å². The molecule has 1 aliphatic heterocycles. The van der Waals surface area contributed by atoms with Crippen molar-refractivity contribution >= 4 is 22.5 Å². The van der Waals surface area contributed by atoms with E-state index in [4.69, 9.17) is 9.47 Å². The minimum atomic E-state index is -0.676. The summed E-state index contributed by atoms with van der Waals surface area (Å²) >= 11 is 0. The van der Waals surface area contributed by atoms with E-state index in [1.165, 1.54) is 23.6 Å². The number of carbonyl (C=O) groups is 1. The van der Waals surface area contributed by atoms with Crippen LogP contribution in [-0.2, 0) is 17.8 Å². The number of nitrogens with zero attached hydrogens (tertiary/aromatic N) is 1. The van der Waals surface area contributed by atoms with Crippen molar-refractivity contribution in [1.82, 2.24) is 9.88 Å². The first-order chi connectivity index (χ1) is 14.5. The third-order valence-electron chi connectivity index (χ3n) is 5.61. The molecule has 4 rings (SSSR count). The number of hydrogen-bond acceptors (Lipinski definition) is 5. The van der Waals surface area contributed by atoms with E-state index in [-0.39, 0.29) is 5.91 Å². The first-order valence-electron chi connectivity index (χ1n) is 10.0. The van der Waals surface area contributed by atoms with Crippen molar-refractivity contribution in [1.29, 1.82) is 0 Å². The number of H-pyrrole nitrogens is 1. The highest BCUT2D eigenvalue weighted by Crippen LogP contribution is 2.32. The Kier molecular flexibility index (Phi) is 5.65. The summed E-state index contributed by atoms with van der Waals surface area (Å²) in [6, 6.07) is 11.4. The van der Waals surface area contributed by atoms with Gasteiger partial charge in [-0.3, -0.25) is 9.69 Å². The molecule has 1 amide bonds. The van der Waals surface area contributed by atoms with Gasteiger partial charge >= 0.3 is 0 Å². The molecular weight excluding hydrogens is 382 g/mol. The van der Waals surface area contributed by atoms with Crippen LogP contribution >= 0.6 is 0 Å². The molecule has 0 aliphatic carbocycles. The molecule has 0 saturated carbocycles. The number of nitrogens with one attached hydrogen (secondary N) is 2. The van der Waals surface area contributed by atoms with Gasteiger partial charge in [0.05, 0.1) is 26.0 Å². The lowest BCUT2D eigenvalue weighted by molar-refractivity contribution is -0.114. The van der Waals surface area contributed by atoms with E-state index < -0.39 is 6.10 Å². The van der Waals surface area contributed by atoms with Crippen molar-refractivity contribution < 1.29 is 19.4 Å². The quantitative estimate of drug-likeness (QED) is 0.582. The SMILES string of the molecule is COc1ccc2[nH]c3c(c2c1)CN(CC(O)c1ccc(OC)c(NC(C)=O)c1)CC3. The lowest BCUT2D eigenvalue weighted by atomic mass is 10.0. The van der Waals surface area contributed by atoms with Crippen molar-refractivity contribution in [3.05, 3.63) is 53.2 Å². The molecule has 3 N–H and O–H groups in total. The number of amides is 1. The van der Waals surface area contributed by atoms with Crippen LogP contribution in [0.5, 0.6) is 11.5 Å². The predicted octanol–water partition coefficient (Wildman–Crippen LogP) is 3.24. The molecule has 0 saturated heterocycles. The third-order valence-corrected chi connectivity index (χ3v) is 5.61. The maximum Gasteiger partial charge on any atom is 0.221 e. The summed E-state index contributed by atoms with van der Waals surface area (Å²) in [6.07, 6.45) is 0.225. The number of aliphatic hydroxyl groups is 1. The van der Waals surface area contributed by atoms with Crippen molar-refractivity contribution in [2.75, 3.05) is 32.6 Å². The number of ether oxygens (including phenoxy) is 2. The predicted molar refractivity (Wildman–Crippen MR) is 116 cm³/mol. The molecule has 3 aromatic rings. The van der Waals surface area contributed by atoms with Gasteiger partial charge in [-0.25, -0.2) is 0 Å². The summed E-state index contributed by atoms with van der Waals surface area (Å²) in [5.41, 5.74) is 4.92. The summed E-state index contributed by atoms with van der Waals surface area (Å²) < 4.78 is 10.7. The van der Waals surface area contributed by atoms with Crippen molar-refractivity contribution in [2.24, 2.45) is 0 Å². The largest absolute Gasteiger partial charge is 0.497 e. The molecule has 1 aromatic heterocycles. The Balaban J connectivity index is 1.52. The van der Waals surface area contributed by atoms with Gasteiger partial charge in [-0.15, -0.1) is 0 Å². The standard InChI is InChI=1S/C23H27N3O4/c1-14(27)24-21-10-15(4-7-23(21)30-3)22(28)13-26-9-8-20-18(12-26)17-11-16(29-2)5-6-19(17)25-20/h4-7,10-11,22,25,28H,8-9,12-13H2,1-3H3,(H,24,27). The second kappa shape index (κ2) is 8.38. The maximum atomic E-state index is 11.5. The first kappa shape index (κ1) is 20.3. The number of carbonyl (C=O) groups excluding carboxylic acids is 1. The zero-order valence-corrected chi connectivity index (χ0v) is 17.5. The number of hydrogen-bond donors (Lipinski definition) is 3. The smallest absolute Gasteiger partial charge is 0.221 e. The van der Waals surface area contributed by atoms with Crippen LogP contribution in [0.15, 0.2) is 36.4 Å². The normalized spacial score (nSPS) is 14.9. The molecule has 0 bridgehead atoms. The highest BCUT2D eigenvalue weighted by atomic mass is 16.5. The summed E-state index contributed by atoms with van der Waals surface area (Å²) in [4.78, 5) is 17.2. The molecule has 0 fully saturated rings. The number of benzene rings is 2. The zero-order chi connectivity index (χ0) is 21.3. The summed E-state index contributed by atoms with van der Waals surface area (Å²) in [7, 11) is 3.23. The monoisotopic (exact) mass is 409 g/mol. The minimum Gasteiger partial charge on any atom is -0.497 e. The molecular formula is C23H27N3O4. The Bertz CT molecular complexity index is 1080. The fourth-order valence-corrected chi connectivity index (χ4v) is 4.10. The van der Waals surface area contributed by atoms with Crippen LogP contribution in [0.2, 0.25) is 0 Å². The summed E-state index contributed by atoms with van der Waals surface area (Å²) in [6.45, 7) is 3.57. The topological polar surface area (TPSA) is 86.8 Å². The van der Waals surface area contributed by atoms with Crippen molar-refractivity contribution in [2.45, 2.75) is 26.0 Å². The highest BCUT2D eigenvalue weighted by molar-refractivity contribution is 5.90. The van der Waals surface area contributed by atoms with Gasteiger partial charge in [-0.05, 0) is 41.5 Å². The van der Waals surface area contributed by atoms with Crippen LogP contribution < -0.4 is 14.8 Å². The van der Waals surface area contributed by atoms with Crippen LogP contribution in [0.1, 0.15) is 29.8 Å². The number of fused-ring (bicyclic) bond motifs is 3. The molecule has 158 valence electrons. The molecule has 7 heteroatoms. The van der Waals surface area contributed by atoms with E-state index in [0.717, 1.165) is 36.3 Å². The average molecular weight is 409 g/mol. The summed E-state index contributed by atoms with van der Waals surface area (Å²) in [5.74, 6) is 1.22. The Morgan fingerprint density at radius 3 is 2.80 bits per heavy atom. The molecule has 0 spiro atoms. The first-order valence-corrected chi connectivity index (χ1v) is 10.0. The molecule has 1 atom stereocenters. The van der Waals surface area contributed by atoms with Gasteiger partial charge < -0.3 is 24.9 Å². The molecule has 1 unspecified atom stereocenters. The number of aromatic nitrogens is 1. The van der Waals surface area contributed by atoms with Gasteiger partial charge in [0.1, 0.15) is 11.5 Å². The number of methoxy groups -OCH3 is 2. The van der Waals surface area contributed by atoms with E-state index in [1.807, 2.05) is 18.2 Å². The molecule has 0 radical (unpaired) electrons. The minimum absolute atomic E-state index is 0.182. The Morgan fingerprint density at radius 2 is 2.07 bits per heavy atom. The third kappa shape index (κ3) is 3.99. The fourth-order valence-electron chi connectivity index (χ4n) is 4.10. The van der Waals surface area contributed by atoms with Crippen LogP contribution in [0.25, 0.3) is 10.9 Å². The Morgan fingerprint density at radius 1 is 1.23 bits per heavy atom. The second-order valence-electron chi connectivity index (χ2n) is 7.64. The highest BCUT2D eigenvalue weighted by Gasteiger charge is 2.23. The van der Waals surface area contributed by atoms with Crippen molar-refractivity contribution in [3.63, 3.8) is 0 Å². The van der Waals surface area contributed by atoms with Gasteiger partial charge in [0.2, 0.25) is 5.91 Å². The van der Waals surface area contributed by atoms with Crippen LogP contribution in [0.3, 0.4) is 0 Å². The number of β-amino-alcohol motifs (C(OH)–C–C–N with tert-alkyl or cyclic N) is 1. The van der Waals surface area contributed by atoms with Gasteiger partial charge in [-0.2, -0.15) is 0 Å². The zero-order valence-electron chi connectivity index (χ0n) is 17.5. The second-order valence-corrected chi connectivity index (χ2v) is 7.64. The maximum absolute atomic E-state index is 11.5. The molecule has 2 heterocycles. The van der Waals surface area contributed by atoms with Crippen molar-refractivity contribution in [3.8, 4) is 11.5 Å². The van der Waals surface area contributed by atoms with E-state index >= 15 is 0 Å². The summed E-state index contributed by atoms with van der Waals surface area (Å²) in [5, 5.41) is 14.8. The number of aromatic amines is 1. The van der Waals surface area contributed by atoms with E-state index in [0.29, 0.717) is 18.0 Å². The molecule has 7 nitrogen and oxygen atoms in total. The van der Waals surface area contributed by atoms with Crippen LogP contribution in [0, 0.1) is 0 Å². The number of anilines is 1. The Hall–Kier alpha value is -3.03. The molecule has 2 aromatic carbocycles. The lowest BCUT2D eigenvalue weighted by Crippen LogP contribution is -2.33. The average Bonchev–Trinajstić information content (AvgIpc) is 3.10. The van der Waals surface area contributed by atoms with Gasteiger partial charge in [0.15, 0.2) is 0 Å². The van der Waals surface area contributed by atoms with Crippen LogP contribution in [0.4, 0.5) is 5.69 Å². The van der Waals surface area contributed by atoms with Gasteiger partial charge in [0.25, 0.3) is 0 Å². The lowest BCUT2D eigenvalue weighted by Gasteiger charge is -2.29. The van der Waals surface area contributed by atoms with E-state index in [9.17, 15) is 9.90 Å². The molecule has 30 heavy (non-hydrogen) atoms. The number of rotatable bonds is 6. The Labute approximate surface area is 175 Å². The number of aliphatic hydroxyl groups excluding tert-OH is 1. The van der Waals surface area contributed by atoms with E-state index in [1.54, 1.807) is 26.4 Å². The van der Waals surface area contributed by atoms with E-state index in [2.05, 4.69) is 21.3 Å². The molecule has 1 aliphatic rings. The van der Waals surface area contributed by atoms with Crippen LogP contribution in [-0.4, -0.2) is 48.2 Å². The van der Waals surface area contributed by atoms with Gasteiger partial charge in [0, 0.05) is 49.6 Å².